The van der Waals surface area contributed by atoms with Crippen molar-refractivity contribution in [1.29, 1.82) is 0 Å². The molecular weight excluding hydrogens is 243 g/mol. The molecule has 5 N–H and O–H groups in total. The van der Waals surface area contributed by atoms with Crippen LogP contribution in [0.4, 0.5) is 0 Å². The minimum atomic E-state index is -0.772. The van der Waals surface area contributed by atoms with Crippen molar-refractivity contribution in [3.8, 4) is 0 Å². The van der Waals surface area contributed by atoms with Crippen molar-refractivity contribution in [2.45, 2.75) is 33.1 Å². The summed E-state index contributed by atoms with van der Waals surface area (Å²) in [6.07, 6.45) is 1.04. The molecule has 0 aliphatic heterocycles. The fourth-order valence-electron chi connectivity index (χ4n) is 1.56. The van der Waals surface area contributed by atoms with Gasteiger partial charge in [-0.25, -0.2) is 0 Å². The third-order valence-corrected chi connectivity index (χ3v) is 2.49. The largest absolute Gasteiger partial charge is 1.00 e. The number of benzene rings is 1. The number of aliphatic carboxylic acids is 1. The van der Waals surface area contributed by atoms with Crippen LogP contribution in [0.5, 0.6) is 0 Å². The summed E-state index contributed by atoms with van der Waals surface area (Å²) < 4.78 is 0. The van der Waals surface area contributed by atoms with Gasteiger partial charge in [-0.2, -0.15) is 0 Å². The molecule has 0 aromatic heterocycles. The Bertz CT molecular complexity index is 341. The Labute approximate surface area is 132 Å². The van der Waals surface area contributed by atoms with Crippen LogP contribution in [0.3, 0.4) is 0 Å². The van der Waals surface area contributed by atoms with Gasteiger partial charge in [-0.1, -0.05) is 38.1 Å². The third-order valence-electron chi connectivity index (χ3n) is 2.49. The van der Waals surface area contributed by atoms with Gasteiger partial charge in [0, 0.05) is 0 Å². The maximum atomic E-state index is 10.8. The van der Waals surface area contributed by atoms with Crippen LogP contribution < -0.4 is 29.6 Å². The van der Waals surface area contributed by atoms with Crippen molar-refractivity contribution in [1.82, 2.24) is 0 Å². The first kappa shape index (κ1) is 22.8. The summed E-state index contributed by atoms with van der Waals surface area (Å²) in [6.45, 7) is 6.06. The summed E-state index contributed by atoms with van der Waals surface area (Å²) >= 11 is 0. The number of hydrogen-bond acceptors (Lipinski definition) is 1. The van der Waals surface area contributed by atoms with Crippen LogP contribution >= 0.6 is 0 Å². The molecule has 0 aliphatic rings. The van der Waals surface area contributed by atoms with E-state index in [1.165, 1.54) is 5.56 Å². The smallest absolute Gasteiger partial charge is 1.00 e. The number of carboxylic acid groups (broad SMARTS) is 1. The minimum absolute atomic E-state index is 0. The molecule has 1 rings (SSSR count). The first-order valence-electron chi connectivity index (χ1n) is 5.32. The molecule has 1 aromatic carbocycles. The van der Waals surface area contributed by atoms with Gasteiger partial charge < -0.3 is 17.5 Å². The van der Waals surface area contributed by atoms with Crippen LogP contribution in [0.25, 0.3) is 0 Å². The molecule has 0 heterocycles. The molecule has 0 bridgehead atoms. The summed E-state index contributed by atoms with van der Waals surface area (Å²) in [5.41, 5.74) is 2.14. The van der Waals surface area contributed by atoms with Crippen molar-refractivity contribution >= 4 is 5.97 Å². The zero-order valence-corrected chi connectivity index (χ0v) is 13.5. The van der Waals surface area contributed by atoms with Crippen LogP contribution in [0.15, 0.2) is 24.3 Å². The predicted octanol–water partition coefficient (Wildman–Crippen LogP) is -1.46. The van der Waals surface area contributed by atoms with Gasteiger partial charge in [-0.15, -0.1) is 0 Å². The Kier molecular flexibility index (Phi) is 13.3. The zero-order chi connectivity index (χ0) is 11.4. The van der Waals surface area contributed by atoms with E-state index < -0.39 is 11.9 Å². The van der Waals surface area contributed by atoms with E-state index in [0.29, 0.717) is 5.92 Å². The van der Waals surface area contributed by atoms with E-state index in [-0.39, 0.29) is 41.9 Å². The molecule has 1 aromatic rings. The van der Waals surface area contributed by atoms with Gasteiger partial charge in [0.15, 0.2) is 0 Å². The van der Waals surface area contributed by atoms with Gasteiger partial charge in [0.25, 0.3) is 0 Å². The van der Waals surface area contributed by atoms with E-state index in [2.05, 4.69) is 13.8 Å². The van der Waals surface area contributed by atoms with E-state index in [1.54, 1.807) is 6.92 Å². The first-order valence-corrected chi connectivity index (χ1v) is 5.32. The Balaban J connectivity index is -0.000000281. The topological polar surface area (TPSA) is 100 Å². The molecule has 0 amide bonds. The van der Waals surface area contributed by atoms with Crippen molar-refractivity contribution in [2.24, 2.45) is 5.92 Å². The molecule has 0 aliphatic carbocycles. The van der Waals surface area contributed by atoms with Gasteiger partial charge in [0.2, 0.25) is 0 Å². The Morgan fingerprint density at radius 1 is 1.17 bits per heavy atom. The molecule has 0 spiro atoms. The Hall–Kier alpha value is -0.390. The van der Waals surface area contributed by atoms with Gasteiger partial charge in [-0.3, -0.25) is 4.79 Å². The predicted molar refractivity (Wildman–Crippen MR) is 69.4 cm³/mol. The molecule has 4 nitrogen and oxygen atoms in total. The normalized spacial score (nSPS) is 10.7. The maximum absolute atomic E-state index is 10.8. The molecule has 5 heteroatoms. The molecule has 0 radical (unpaired) electrons. The summed E-state index contributed by atoms with van der Waals surface area (Å²) in [5.74, 6) is -0.558. The molecule has 1 unspecified atom stereocenters. The van der Waals surface area contributed by atoms with Crippen LogP contribution in [0, 0.1) is 5.92 Å². The van der Waals surface area contributed by atoms with Gasteiger partial charge >= 0.3 is 35.5 Å². The summed E-state index contributed by atoms with van der Waals surface area (Å²) in [5, 5.41) is 8.85. The van der Waals surface area contributed by atoms with Crippen molar-refractivity contribution in [3.05, 3.63) is 35.4 Å². The van der Waals surface area contributed by atoms with E-state index >= 15 is 0 Å². The Morgan fingerprint density at radius 3 is 1.94 bits per heavy atom. The molecule has 0 saturated heterocycles. The molecule has 18 heavy (non-hydrogen) atoms. The fourth-order valence-corrected chi connectivity index (χ4v) is 1.56. The van der Waals surface area contributed by atoms with Gasteiger partial charge in [-0.05, 0) is 30.4 Å². The number of rotatable bonds is 4. The average molecular weight is 266 g/mol. The number of carbonyl (C=O) groups is 1. The van der Waals surface area contributed by atoms with Crippen molar-refractivity contribution in [2.75, 3.05) is 0 Å². The second-order valence-electron chi connectivity index (χ2n) is 4.40. The van der Waals surface area contributed by atoms with E-state index in [9.17, 15) is 4.79 Å². The van der Waals surface area contributed by atoms with Crippen LogP contribution in [-0.2, 0) is 11.2 Å². The third kappa shape index (κ3) is 7.13. The van der Waals surface area contributed by atoms with Crippen molar-refractivity contribution < 1.29 is 51.8 Å². The molecule has 0 saturated carbocycles. The molecule has 100 valence electrons. The quantitative estimate of drug-likeness (QED) is 0.673. The summed E-state index contributed by atoms with van der Waals surface area (Å²) in [7, 11) is 0. The van der Waals surface area contributed by atoms with Crippen LogP contribution in [-0.4, -0.2) is 22.0 Å². The van der Waals surface area contributed by atoms with E-state index in [4.69, 9.17) is 5.11 Å². The second kappa shape index (κ2) is 10.5. The van der Waals surface area contributed by atoms with Gasteiger partial charge in [0.05, 0.1) is 5.92 Å². The average Bonchev–Trinajstić information content (AvgIpc) is 2.17. The summed E-state index contributed by atoms with van der Waals surface area (Å²) in [6, 6.07) is 7.87. The standard InChI is InChI=1S/C13H18O2.Na.2H2O.H/c1-9(2)8-11-4-6-12(7-5-11)10(3)13(14)15;;;;/h4-7,9-10H,8H2,1-3H3,(H,14,15);;2*1H2;/q;+1;;;-1. The fraction of sp³-hybridized carbons (Fsp3) is 0.462. The SMILES string of the molecule is CC(C)Cc1ccc(C(C)C(=O)O)cc1.O.O.[H-].[Na+]. The number of hydrogen-bond donors (Lipinski definition) is 1. The van der Waals surface area contributed by atoms with Crippen molar-refractivity contribution in [3.63, 3.8) is 0 Å². The van der Waals surface area contributed by atoms with E-state index in [0.717, 1.165) is 12.0 Å². The van der Waals surface area contributed by atoms with E-state index in [1.807, 2.05) is 24.3 Å². The minimum Gasteiger partial charge on any atom is -1.00 e. The van der Waals surface area contributed by atoms with Crippen LogP contribution in [0.1, 0.15) is 39.2 Å². The molecule has 1 atom stereocenters. The molecular formula is C13H23NaO4. The van der Waals surface area contributed by atoms with Gasteiger partial charge in [0.1, 0.15) is 0 Å². The molecule has 0 fully saturated rings. The van der Waals surface area contributed by atoms with Crippen LogP contribution in [0.2, 0.25) is 0 Å². The maximum Gasteiger partial charge on any atom is 1.00 e. The second-order valence-corrected chi connectivity index (χ2v) is 4.40. The number of carboxylic acids is 1. The Morgan fingerprint density at radius 2 is 1.61 bits per heavy atom. The monoisotopic (exact) mass is 266 g/mol. The first-order chi connectivity index (χ1) is 7.00. The zero-order valence-electron chi connectivity index (χ0n) is 12.5. The summed E-state index contributed by atoms with van der Waals surface area (Å²) in [4.78, 5) is 10.8.